The predicted molar refractivity (Wildman–Crippen MR) is 91.7 cm³/mol. The topological polar surface area (TPSA) is 29.5 Å². The van der Waals surface area contributed by atoms with Crippen molar-refractivity contribution in [2.24, 2.45) is 0 Å². The van der Waals surface area contributed by atoms with Crippen molar-refractivity contribution < 1.29 is 9.84 Å². The molecule has 0 aromatic heterocycles. The highest BCUT2D eigenvalue weighted by Gasteiger charge is 2.17. The molecule has 0 amide bonds. The van der Waals surface area contributed by atoms with E-state index in [9.17, 15) is 5.11 Å². The Balaban J connectivity index is 2.35. The molecule has 3 rings (SSSR count). The second-order valence-corrected chi connectivity index (χ2v) is 5.80. The van der Waals surface area contributed by atoms with E-state index in [-0.39, 0.29) is 0 Å². The fraction of sp³-hybridized carbons (Fsp3) is 0.200. The molecule has 0 saturated heterocycles. The van der Waals surface area contributed by atoms with Crippen molar-refractivity contribution in [2.45, 2.75) is 19.8 Å². The van der Waals surface area contributed by atoms with Crippen LogP contribution in [0.3, 0.4) is 0 Å². The molecule has 0 fully saturated rings. The second-order valence-electron chi connectivity index (χ2n) is 5.80. The minimum Gasteiger partial charge on any atom is -0.507 e. The summed E-state index contributed by atoms with van der Waals surface area (Å²) >= 11 is 0. The number of aromatic hydroxyl groups is 1. The molecular weight excluding hydrogens is 272 g/mol. The van der Waals surface area contributed by atoms with Crippen molar-refractivity contribution in [3.05, 3.63) is 60.2 Å². The molecule has 0 unspecified atom stereocenters. The Morgan fingerprint density at radius 3 is 2.32 bits per heavy atom. The number of fused-ring (bicyclic) bond motifs is 1. The van der Waals surface area contributed by atoms with E-state index in [0.29, 0.717) is 11.7 Å². The van der Waals surface area contributed by atoms with E-state index < -0.39 is 0 Å². The zero-order valence-corrected chi connectivity index (χ0v) is 13.1. The van der Waals surface area contributed by atoms with Gasteiger partial charge in [-0.1, -0.05) is 44.2 Å². The molecule has 0 saturated carbocycles. The normalized spacial score (nSPS) is 11.1. The third kappa shape index (κ3) is 2.41. The maximum atomic E-state index is 10.9. The molecule has 0 aliphatic rings. The molecule has 3 aromatic rings. The Kier molecular flexibility index (Phi) is 3.76. The van der Waals surface area contributed by atoms with Gasteiger partial charge in [0.15, 0.2) is 0 Å². The zero-order chi connectivity index (χ0) is 15.7. The third-order valence-corrected chi connectivity index (χ3v) is 4.03. The number of phenolic OH excluding ortho intramolecular Hbond substituents is 1. The molecule has 0 atom stereocenters. The largest absolute Gasteiger partial charge is 0.507 e. The lowest BCUT2D eigenvalue weighted by Crippen LogP contribution is -1.95. The summed E-state index contributed by atoms with van der Waals surface area (Å²) in [5.74, 6) is 1.46. The number of phenols is 1. The Morgan fingerprint density at radius 1 is 0.955 bits per heavy atom. The lowest BCUT2D eigenvalue weighted by atomic mass is 9.88. The average Bonchev–Trinajstić information content (AvgIpc) is 2.54. The van der Waals surface area contributed by atoms with Crippen LogP contribution in [0.5, 0.6) is 11.5 Å². The number of ether oxygens (including phenoxy) is 1. The summed E-state index contributed by atoms with van der Waals surface area (Å²) in [6, 6.07) is 18.0. The summed E-state index contributed by atoms with van der Waals surface area (Å²) in [6.07, 6.45) is 0. The lowest BCUT2D eigenvalue weighted by Gasteiger charge is -2.17. The van der Waals surface area contributed by atoms with Crippen molar-refractivity contribution in [1.82, 2.24) is 0 Å². The van der Waals surface area contributed by atoms with Gasteiger partial charge in [-0.05, 0) is 46.7 Å². The Morgan fingerprint density at radius 2 is 1.68 bits per heavy atom. The van der Waals surface area contributed by atoms with Gasteiger partial charge in [0.25, 0.3) is 0 Å². The van der Waals surface area contributed by atoms with Gasteiger partial charge < -0.3 is 9.84 Å². The maximum Gasteiger partial charge on any atom is 0.131 e. The number of methoxy groups -OCH3 is 1. The molecule has 2 heteroatoms. The first-order valence-corrected chi connectivity index (χ1v) is 7.51. The van der Waals surface area contributed by atoms with E-state index in [2.05, 4.69) is 19.9 Å². The molecule has 3 aromatic carbocycles. The van der Waals surface area contributed by atoms with E-state index in [4.69, 9.17) is 4.74 Å². The molecule has 0 aliphatic heterocycles. The van der Waals surface area contributed by atoms with Crippen LogP contribution in [0, 0.1) is 0 Å². The second kappa shape index (κ2) is 5.72. The number of hydrogen-bond donors (Lipinski definition) is 1. The molecule has 112 valence electrons. The first-order chi connectivity index (χ1) is 10.6. The monoisotopic (exact) mass is 292 g/mol. The van der Waals surface area contributed by atoms with Gasteiger partial charge in [-0.15, -0.1) is 0 Å². The van der Waals surface area contributed by atoms with E-state index in [1.807, 2.05) is 48.5 Å². The van der Waals surface area contributed by atoms with E-state index in [1.54, 1.807) is 7.11 Å². The van der Waals surface area contributed by atoms with Crippen LogP contribution >= 0.6 is 0 Å². The molecule has 2 nitrogen and oxygen atoms in total. The summed E-state index contributed by atoms with van der Waals surface area (Å²) in [6.45, 7) is 4.29. The Bertz CT molecular complexity index is 805. The highest BCUT2D eigenvalue weighted by atomic mass is 16.5. The van der Waals surface area contributed by atoms with Crippen LogP contribution in [0.2, 0.25) is 0 Å². The Hall–Kier alpha value is -2.48. The molecule has 0 radical (unpaired) electrons. The van der Waals surface area contributed by atoms with Crippen molar-refractivity contribution in [3.63, 3.8) is 0 Å². The summed E-state index contributed by atoms with van der Waals surface area (Å²) in [5, 5.41) is 12.7. The van der Waals surface area contributed by atoms with E-state index in [1.165, 1.54) is 0 Å². The van der Waals surface area contributed by atoms with Gasteiger partial charge in [-0.2, -0.15) is 0 Å². The molecule has 0 aliphatic carbocycles. The first kappa shape index (κ1) is 14.5. The fourth-order valence-corrected chi connectivity index (χ4v) is 2.88. The number of rotatable bonds is 3. The third-order valence-electron chi connectivity index (χ3n) is 4.03. The fourth-order valence-electron chi connectivity index (χ4n) is 2.88. The van der Waals surface area contributed by atoms with Gasteiger partial charge in [0.1, 0.15) is 11.5 Å². The van der Waals surface area contributed by atoms with Crippen LogP contribution in [-0.2, 0) is 0 Å². The Labute approximate surface area is 131 Å². The smallest absolute Gasteiger partial charge is 0.131 e. The molecule has 0 heterocycles. The van der Waals surface area contributed by atoms with E-state index >= 15 is 0 Å². The molecule has 22 heavy (non-hydrogen) atoms. The average molecular weight is 292 g/mol. The summed E-state index contributed by atoms with van der Waals surface area (Å²) in [7, 11) is 1.66. The van der Waals surface area contributed by atoms with Crippen molar-refractivity contribution in [1.29, 1.82) is 0 Å². The number of hydrogen-bond acceptors (Lipinski definition) is 2. The molecular formula is C20H20O2. The molecule has 0 spiro atoms. The first-order valence-electron chi connectivity index (χ1n) is 7.51. The van der Waals surface area contributed by atoms with Gasteiger partial charge in [0, 0.05) is 10.9 Å². The van der Waals surface area contributed by atoms with Crippen molar-refractivity contribution in [3.8, 4) is 22.6 Å². The quantitative estimate of drug-likeness (QED) is 0.705. The van der Waals surface area contributed by atoms with Crippen molar-refractivity contribution in [2.75, 3.05) is 7.11 Å². The van der Waals surface area contributed by atoms with Crippen LogP contribution < -0.4 is 4.74 Å². The van der Waals surface area contributed by atoms with Gasteiger partial charge in [0.2, 0.25) is 0 Å². The van der Waals surface area contributed by atoms with E-state index in [0.717, 1.165) is 33.2 Å². The predicted octanol–water partition coefficient (Wildman–Crippen LogP) is 5.34. The summed E-state index contributed by atoms with van der Waals surface area (Å²) in [4.78, 5) is 0. The number of benzene rings is 3. The minimum atomic E-state index is 0.316. The zero-order valence-electron chi connectivity index (χ0n) is 13.1. The van der Waals surface area contributed by atoms with Crippen LogP contribution in [0.25, 0.3) is 21.9 Å². The molecule has 0 bridgehead atoms. The van der Waals surface area contributed by atoms with Gasteiger partial charge >= 0.3 is 0 Å². The summed E-state index contributed by atoms with van der Waals surface area (Å²) in [5.41, 5.74) is 3.11. The molecule has 1 N–H and O–H groups in total. The minimum absolute atomic E-state index is 0.316. The lowest BCUT2D eigenvalue weighted by molar-refractivity contribution is 0.415. The van der Waals surface area contributed by atoms with Crippen LogP contribution in [0.4, 0.5) is 0 Å². The van der Waals surface area contributed by atoms with Gasteiger partial charge in [0.05, 0.1) is 7.11 Å². The van der Waals surface area contributed by atoms with Crippen LogP contribution in [-0.4, -0.2) is 12.2 Å². The summed E-state index contributed by atoms with van der Waals surface area (Å²) < 4.78 is 5.30. The maximum absolute atomic E-state index is 10.9. The van der Waals surface area contributed by atoms with Crippen LogP contribution in [0.1, 0.15) is 25.3 Å². The van der Waals surface area contributed by atoms with Gasteiger partial charge in [-0.25, -0.2) is 0 Å². The van der Waals surface area contributed by atoms with Crippen LogP contribution in [0.15, 0.2) is 54.6 Å². The van der Waals surface area contributed by atoms with Gasteiger partial charge in [-0.3, -0.25) is 0 Å². The highest BCUT2D eigenvalue weighted by Crippen LogP contribution is 2.42. The SMILES string of the molecule is COc1ccc2c(O)c(-c3ccccc3)c(C(C)C)cc2c1. The highest BCUT2D eigenvalue weighted by molar-refractivity contribution is 5.97. The standard InChI is InChI=1S/C20H20O2/c1-13(2)18-12-15-11-16(22-3)9-10-17(15)20(21)19(18)14-7-5-4-6-8-14/h4-13,21H,1-3H3. The van der Waals surface area contributed by atoms with Crippen molar-refractivity contribution >= 4 is 10.8 Å².